The Bertz CT molecular complexity index is 1180. The van der Waals surface area contributed by atoms with E-state index in [1.807, 2.05) is 0 Å². The van der Waals surface area contributed by atoms with Gasteiger partial charge in [-0.05, 0) is 24.3 Å². The highest BCUT2D eigenvalue weighted by Crippen LogP contribution is 2.31. The Morgan fingerprint density at radius 1 is 1.20 bits per heavy atom. The number of hydrogen-bond donors (Lipinski definition) is 1. The van der Waals surface area contributed by atoms with Crippen molar-refractivity contribution in [3.63, 3.8) is 0 Å². The summed E-state index contributed by atoms with van der Waals surface area (Å²) in [5.41, 5.74) is 1.37. The number of para-hydroxylation sites is 2. The van der Waals surface area contributed by atoms with E-state index in [9.17, 15) is 22.0 Å². The molecule has 0 bridgehead atoms. The van der Waals surface area contributed by atoms with Crippen LogP contribution in [-0.4, -0.2) is 43.9 Å². The van der Waals surface area contributed by atoms with Crippen LogP contribution >= 0.6 is 0 Å². The zero-order valence-electron chi connectivity index (χ0n) is 16.1. The number of carbonyl (C=O) groups is 1. The number of aromatic nitrogens is 2. The average Bonchev–Trinajstić information content (AvgIpc) is 2.97. The summed E-state index contributed by atoms with van der Waals surface area (Å²) in [6.07, 6.45) is 1.08. The molecule has 0 aliphatic carbocycles. The fourth-order valence-electron chi connectivity index (χ4n) is 2.93. The van der Waals surface area contributed by atoms with Crippen LogP contribution in [0.15, 0.2) is 42.5 Å². The SMILES string of the molecule is COc1ccc(NC(=O)Cn2c(CS(C)(=O)=O)nc3ccccc32)cc1OC(F)F. The van der Waals surface area contributed by atoms with Crippen LogP contribution in [0.3, 0.4) is 0 Å². The van der Waals surface area contributed by atoms with E-state index in [-0.39, 0.29) is 35.3 Å². The number of benzene rings is 2. The summed E-state index contributed by atoms with van der Waals surface area (Å²) in [6, 6.07) is 11.0. The number of amides is 1. The third-order valence-corrected chi connectivity index (χ3v) is 4.87. The van der Waals surface area contributed by atoms with E-state index in [0.29, 0.717) is 11.0 Å². The topological polar surface area (TPSA) is 99.5 Å². The number of anilines is 1. The Labute approximate surface area is 171 Å². The molecule has 11 heteroatoms. The van der Waals surface area contributed by atoms with Crippen molar-refractivity contribution < 1.29 is 31.5 Å². The molecule has 0 atom stereocenters. The lowest BCUT2D eigenvalue weighted by molar-refractivity contribution is -0.116. The van der Waals surface area contributed by atoms with Crippen LogP contribution < -0.4 is 14.8 Å². The number of hydrogen-bond acceptors (Lipinski definition) is 6. The molecule has 1 N–H and O–H groups in total. The second-order valence-corrected chi connectivity index (χ2v) is 8.61. The Hall–Kier alpha value is -3.21. The molecule has 1 heterocycles. The van der Waals surface area contributed by atoms with Gasteiger partial charge in [-0.15, -0.1) is 0 Å². The molecule has 1 aromatic heterocycles. The van der Waals surface area contributed by atoms with E-state index in [2.05, 4.69) is 15.0 Å². The van der Waals surface area contributed by atoms with Crippen molar-refractivity contribution in [1.82, 2.24) is 9.55 Å². The number of fused-ring (bicyclic) bond motifs is 1. The van der Waals surface area contributed by atoms with Crippen LogP contribution in [0.25, 0.3) is 11.0 Å². The average molecular weight is 439 g/mol. The molecular formula is C19H19F2N3O5S. The van der Waals surface area contributed by atoms with Gasteiger partial charge in [0.2, 0.25) is 5.91 Å². The first kappa shape index (κ1) is 21.5. The Kier molecular flexibility index (Phi) is 6.20. The van der Waals surface area contributed by atoms with Crippen molar-refractivity contribution in [3.8, 4) is 11.5 Å². The smallest absolute Gasteiger partial charge is 0.387 e. The molecule has 0 aliphatic rings. The van der Waals surface area contributed by atoms with Crippen LogP contribution in [-0.2, 0) is 26.9 Å². The molecule has 3 rings (SSSR count). The maximum absolute atomic E-state index is 12.6. The summed E-state index contributed by atoms with van der Waals surface area (Å²) in [4.78, 5) is 16.9. The number of alkyl halides is 2. The summed E-state index contributed by atoms with van der Waals surface area (Å²) >= 11 is 0. The molecule has 0 fully saturated rings. The maximum Gasteiger partial charge on any atom is 0.387 e. The minimum absolute atomic E-state index is 0.0874. The van der Waals surface area contributed by atoms with E-state index in [1.54, 1.807) is 24.3 Å². The third-order valence-electron chi connectivity index (χ3n) is 4.09. The minimum Gasteiger partial charge on any atom is -0.493 e. The van der Waals surface area contributed by atoms with E-state index >= 15 is 0 Å². The van der Waals surface area contributed by atoms with Gasteiger partial charge in [-0.3, -0.25) is 4.79 Å². The molecule has 8 nitrogen and oxygen atoms in total. The first-order chi connectivity index (χ1) is 14.2. The fourth-order valence-corrected chi connectivity index (χ4v) is 3.62. The highest BCUT2D eigenvalue weighted by Gasteiger charge is 2.18. The summed E-state index contributed by atoms with van der Waals surface area (Å²) in [6.45, 7) is -3.27. The molecule has 2 aromatic carbocycles. The number of rotatable bonds is 8. The standard InChI is InChI=1S/C19H19F2N3O5S/c1-28-15-8-7-12(9-16(15)29-19(20)21)22-18(25)10-24-14-6-4-3-5-13(14)23-17(24)11-30(2,26)27/h3-9,19H,10-11H2,1-2H3,(H,22,25). The van der Waals surface area contributed by atoms with Crippen molar-refractivity contribution in [2.45, 2.75) is 18.9 Å². The van der Waals surface area contributed by atoms with Gasteiger partial charge in [-0.1, -0.05) is 12.1 Å². The van der Waals surface area contributed by atoms with Gasteiger partial charge in [-0.2, -0.15) is 8.78 Å². The van der Waals surface area contributed by atoms with Crippen molar-refractivity contribution in [3.05, 3.63) is 48.3 Å². The number of halogens is 2. The lowest BCUT2D eigenvalue weighted by Crippen LogP contribution is -2.21. The molecule has 1 amide bonds. The number of nitrogens with zero attached hydrogens (tertiary/aromatic N) is 2. The third kappa shape index (κ3) is 5.23. The van der Waals surface area contributed by atoms with E-state index in [4.69, 9.17) is 4.74 Å². The van der Waals surface area contributed by atoms with Gasteiger partial charge < -0.3 is 19.4 Å². The quantitative estimate of drug-likeness (QED) is 0.580. The normalized spacial score (nSPS) is 11.6. The van der Waals surface area contributed by atoms with Crippen molar-refractivity contribution in [2.24, 2.45) is 0 Å². The zero-order chi connectivity index (χ0) is 21.9. The monoisotopic (exact) mass is 439 g/mol. The molecule has 0 spiro atoms. The summed E-state index contributed by atoms with van der Waals surface area (Å²) < 4.78 is 59.5. The molecule has 0 saturated carbocycles. The van der Waals surface area contributed by atoms with Gasteiger partial charge in [0.05, 0.1) is 18.1 Å². The zero-order valence-corrected chi connectivity index (χ0v) is 16.9. The molecule has 3 aromatic rings. The molecule has 0 saturated heterocycles. The number of carbonyl (C=O) groups excluding carboxylic acids is 1. The lowest BCUT2D eigenvalue weighted by atomic mass is 10.2. The lowest BCUT2D eigenvalue weighted by Gasteiger charge is -2.13. The second-order valence-electron chi connectivity index (χ2n) is 6.47. The van der Waals surface area contributed by atoms with E-state index in [1.165, 1.54) is 29.9 Å². The van der Waals surface area contributed by atoms with E-state index in [0.717, 1.165) is 6.26 Å². The summed E-state index contributed by atoms with van der Waals surface area (Å²) in [5, 5.41) is 2.58. The van der Waals surface area contributed by atoms with Gasteiger partial charge in [0, 0.05) is 18.0 Å². The van der Waals surface area contributed by atoms with Crippen LogP contribution in [0.4, 0.5) is 14.5 Å². The molecule has 0 aliphatic heterocycles. The van der Waals surface area contributed by atoms with Crippen LogP contribution in [0.1, 0.15) is 5.82 Å². The van der Waals surface area contributed by atoms with Crippen molar-refractivity contribution in [1.29, 1.82) is 0 Å². The van der Waals surface area contributed by atoms with Gasteiger partial charge in [-0.25, -0.2) is 13.4 Å². The van der Waals surface area contributed by atoms with Gasteiger partial charge in [0.1, 0.15) is 18.1 Å². The van der Waals surface area contributed by atoms with Crippen LogP contribution in [0.5, 0.6) is 11.5 Å². The van der Waals surface area contributed by atoms with Crippen molar-refractivity contribution >= 4 is 32.5 Å². The number of nitrogens with one attached hydrogen (secondary N) is 1. The maximum atomic E-state index is 12.6. The first-order valence-corrected chi connectivity index (χ1v) is 10.8. The number of sulfone groups is 1. The number of imidazole rings is 1. The number of methoxy groups -OCH3 is 1. The number of ether oxygens (including phenoxy) is 2. The Morgan fingerprint density at radius 3 is 2.60 bits per heavy atom. The predicted molar refractivity (Wildman–Crippen MR) is 107 cm³/mol. The Balaban J connectivity index is 1.86. The minimum atomic E-state index is -3.38. The summed E-state index contributed by atoms with van der Waals surface area (Å²) in [5.74, 6) is -0.740. The van der Waals surface area contributed by atoms with Gasteiger partial charge >= 0.3 is 6.61 Å². The van der Waals surface area contributed by atoms with E-state index < -0.39 is 22.4 Å². The van der Waals surface area contributed by atoms with Gasteiger partial charge in [0.25, 0.3) is 0 Å². The van der Waals surface area contributed by atoms with Gasteiger partial charge in [0.15, 0.2) is 21.3 Å². The van der Waals surface area contributed by atoms with Crippen LogP contribution in [0.2, 0.25) is 0 Å². The second kappa shape index (κ2) is 8.66. The Morgan fingerprint density at radius 2 is 1.93 bits per heavy atom. The first-order valence-electron chi connectivity index (χ1n) is 8.71. The molecule has 0 unspecified atom stereocenters. The molecule has 0 radical (unpaired) electrons. The fraction of sp³-hybridized carbons (Fsp3) is 0.263. The van der Waals surface area contributed by atoms with Crippen molar-refractivity contribution in [2.75, 3.05) is 18.7 Å². The largest absolute Gasteiger partial charge is 0.493 e. The summed E-state index contributed by atoms with van der Waals surface area (Å²) in [7, 11) is -2.08. The molecule has 30 heavy (non-hydrogen) atoms. The highest BCUT2D eigenvalue weighted by atomic mass is 32.2. The predicted octanol–water partition coefficient (Wildman–Crippen LogP) is 2.83. The molecular weight excluding hydrogens is 420 g/mol. The van der Waals surface area contributed by atoms with Crippen LogP contribution in [0, 0.1) is 0 Å². The molecule has 160 valence electrons. The highest BCUT2D eigenvalue weighted by molar-refractivity contribution is 7.89.